The van der Waals surface area contributed by atoms with Gasteiger partial charge in [0.1, 0.15) is 0 Å². The maximum absolute atomic E-state index is 12.1. The molecular formula is C14H19BrClNO2. The van der Waals surface area contributed by atoms with E-state index in [1.165, 1.54) is 0 Å². The molecule has 0 aliphatic heterocycles. The first-order valence-electron chi connectivity index (χ1n) is 6.40. The van der Waals surface area contributed by atoms with Crippen molar-refractivity contribution in [3.8, 4) is 0 Å². The topological polar surface area (TPSA) is 40.5 Å². The maximum Gasteiger partial charge on any atom is 0.165 e. The van der Waals surface area contributed by atoms with E-state index in [1.54, 1.807) is 12.1 Å². The van der Waals surface area contributed by atoms with Crippen molar-refractivity contribution in [3.05, 3.63) is 33.3 Å². The third-order valence-electron chi connectivity index (χ3n) is 2.97. The number of carbonyl (C=O) groups excluding carboxylic acids is 1. The highest BCUT2D eigenvalue weighted by Crippen LogP contribution is 2.22. The van der Waals surface area contributed by atoms with Crippen LogP contribution in [-0.2, 0) is 0 Å². The van der Waals surface area contributed by atoms with Gasteiger partial charge in [-0.15, -0.1) is 0 Å². The van der Waals surface area contributed by atoms with Crippen LogP contribution in [0.5, 0.6) is 0 Å². The van der Waals surface area contributed by atoms with Gasteiger partial charge in [0.15, 0.2) is 5.78 Å². The molecule has 5 heteroatoms. The first-order chi connectivity index (χ1) is 9.08. The van der Waals surface area contributed by atoms with Crippen molar-refractivity contribution in [3.63, 3.8) is 0 Å². The molecule has 0 heterocycles. The number of Topliss-reactive ketones (excluding diaryl/α,β-unsaturated/α-hetero) is 1. The van der Waals surface area contributed by atoms with Crippen LogP contribution in [0.15, 0.2) is 22.7 Å². The highest BCUT2D eigenvalue weighted by atomic mass is 79.9. The van der Waals surface area contributed by atoms with E-state index < -0.39 is 0 Å². The Balaban J connectivity index is 2.54. The molecule has 0 aliphatic rings. The van der Waals surface area contributed by atoms with E-state index in [1.807, 2.05) is 6.07 Å². The third-order valence-corrected chi connectivity index (χ3v) is 3.77. The Labute approximate surface area is 127 Å². The molecule has 3 nitrogen and oxygen atoms in total. The summed E-state index contributed by atoms with van der Waals surface area (Å²) in [5.41, 5.74) is 0.572. The molecule has 0 amide bonds. The molecule has 1 N–H and O–H groups in total. The molecule has 0 radical (unpaired) electrons. The molecule has 1 rings (SSSR count). The van der Waals surface area contributed by atoms with Crippen molar-refractivity contribution < 1.29 is 9.90 Å². The Morgan fingerprint density at radius 3 is 2.74 bits per heavy atom. The van der Waals surface area contributed by atoms with Crippen molar-refractivity contribution in [2.75, 3.05) is 26.2 Å². The largest absolute Gasteiger partial charge is 0.396 e. The normalized spacial score (nSPS) is 11.0. The van der Waals surface area contributed by atoms with E-state index in [0.717, 1.165) is 24.0 Å². The van der Waals surface area contributed by atoms with Crippen LogP contribution < -0.4 is 0 Å². The summed E-state index contributed by atoms with van der Waals surface area (Å²) in [7, 11) is 0. The lowest BCUT2D eigenvalue weighted by atomic mass is 10.1. The van der Waals surface area contributed by atoms with Gasteiger partial charge in [-0.05, 0) is 31.2 Å². The van der Waals surface area contributed by atoms with Gasteiger partial charge in [-0.2, -0.15) is 0 Å². The molecule has 0 unspecified atom stereocenters. The second-order valence-corrected chi connectivity index (χ2v) is 5.63. The molecule has 0 spiro atoms. The van der Waals surface area contributed by atoms with Crippen LogP contribution in [0.2, 0.25) is 5.02 Å². The number of nitrogens with zero attached hydrogens (tertiary/aromatic N) is 1. The van der Waals surface area contributed by atoms with Crippen LogP contribution in [0.1, 0.15) is 30.1 Å². The molecule has 0 aromatic heterocycles. The number of carbonyl (C=O) groups is 1. The molecule has 0 saturated heterocycles. The van der Waals surface area contributed by atoms with E-state index in [2.05, 4.69) is 27.8 Å². The number of halogens is 2. The van der Waals surface area contributed by atoms with Crippen molar-refractivity contribution in [1.82, 2.24) is 4.90 Å². The van der Waals surface area contributed by atoms with Crippen molar-refractivity contribution in [2.45, 2.75) is 19.8 Å². The Morgan fingerprint density at radius 1 is 1.42 bits per heavy atom. The minimum atomic E-state index is 0.0555. The third kappa shape index (κ3) is 5.61. The minimum Gasteiger partial charge on any atom is -0.396 e. The zero-order valence-corrected chi connectivity index (χ0v) is 13.4. The predicted octanol–water partition coefficient (Wildman–Crippen LogP) is 3.38. The summed E-state index contributed by atoms with van der Waals surface area (Å²) in [5, 5.41) is 9.30. The Kier molecular flexibility index (Phi) is 7.61. The van der Waals surface area contributed by atoms with Gasteiger partial charge in [0.25, 0.3) is 0 Å². The summed E-state index contributed by atoms with van der Waals surface area (Å²) in [6.07, 6.45) is 1.18. The van der Waals surface area contributed by atoms with Gasteiger partial charge in [0.2, 0.25) is 0 Å². The van der Waals surface area contributed by atoms with E-state index in [-0.39, 0.29) is 12.4 Å². The first-order valence-corrected chi connectivity index (χ1v) is 7.57. The van der Waals surface area contributed by atoms with Crippen LogP contribution in [0.25, 0.3) is 0 Å². The van der Waals surface area contributed by atoms with E-state index in [9.17, 15) is 4.79 Å². The van der Waals surface area contributed by atoms with Crippen LogP contribution in [0.4, 0.5) is 0 Å². The number of rotatable bonds is 8. The molecular weight excluding hydrogens is 330 g/mol. The molecule has 0 bridgehead atoms. The minimum absolute atomic E-state index is 0.0555. The van der Waals surface area contributed by atoms with Crippen molar-refractivity contribution >= 4 is 33.3 Å². The molecule has 19 heavy (non-hydrogen) atoms. The molecule has 0 fully saturated rings. The molecule has 106 valence electrons. The Bertz CT molecular complexity index is 426. The fourth-order valence-electron chi connectivity index (χ4n) is 1.83. The van der Waals surface area contributed by atoms with Crippen LogP contribution in [-0.4, -0.2) is 42.0 Å². The van der Waals surface area contributed by atoms with Crippen molar-refractivity contribution in [1.29, 1.82) is 0 Å². The first kappa shape index (κ1) is 16.6. The fourth-order valence-corrected chi connectivity index (χ4v) is 2.61. The monoisotopic (exact) mass is 347 g/mol. The second kappa shape index (κ2) is 8.69. The summed E-state index contributed by atoms with van der Waals surface area (Å²) in [6.45, 7) is 4.62. The van der Waals surface area contributed by atoms with E-state index in [0.29, 0.717) is 23.6 Å². The summed E-state index contributed by atoms with van der Waals surface area (Å²) in [4.78, 5) is 14.2. The average Bonchev–Trinajstić information content (AvgIpc) is 2.38. The lowest BCUT2D eigenvalue weighted by Gasteiger charge is -2.19. The van der Waals surface area contributed by atoms with E-state index in [4.69, 9.17) is 16.7 Å². The van der Waals surface area contributed by atoms with Crippen LogP contribution in [0.3, 0.4) is 0 Å². The van der Waals surface area contributed by atoms with Gasteiger partial charge < -0.3 is 10.0 Å². The molecule has 0 saturated carbocycles. The van der Waals surface area contributed by atoms with Gasteiger partial charge in [-0.25, -0.2) is 0 Å². The molecule has 1 aromatic carbocycles. The SMILES string of the molecule is CCN(CCCO)CCC(=O)c1ccc(Br)cc1Cl. The van der Waals surface area contributed by atoms with Crippen LogP contribution in [0, 0.1) is 0 Å². The fraction of sp³-hybridized carbons (Fsp3) is 0.500. The van der Waals surface area contributed by atoms with Crippen molar-refractivity contribution in [2.24, 2.45) is 0 Å². The van der Waals surface area contributed by atoms with Gasteiger partial charge in [-0.3, -0.25) is 4.79 Å². The number of hydrogen-bond acceptors (Lipinski definition) is 3. The van der Waals surface area contributed by atoms with Crippen LogP contribution >= 0.6 is 27.5 Å². The summed E-state index contributed by atoms with van der Waals surface area (Å²) in [5.74, 6) is 0.0555. The quantitative estimate of drug-likeness (QED) is 0.732. The maximum atomic E-state index is 12.1. The van der Waals surface area contributed by atoms with Gasteiger partial charge in [0.05, 0.1) is 5.02 Å². The number of hydrogen-bond donors (Lipinski definition) is 1. The Hall–Kier alpha value is -0.420. The predicted molar refractivity (Wildman–Crippen MR) is 81.9 cm³/mol. The molecule has 1 aromatic rings. The number of benzene rings is 1. The number of aliphatic hydroxyl groups is 1. The zero-order chi connectivity index (χ0) is 14.3. The summed E-state index contributed by atoms with van der Waals surface area (Å²) in [6, 6.07) is 5.30. The van der Waals surface area contributed by atoms with E-state index >= 15 is 0 Å². The molecule has 0 aliphatic carbocycles. The summed E-state index contributed by atoms with van der Waals surface area (Å²) < 4.78 is 0.868. The highest BCUT2D eigenvalue weighted by Gasteiger charge is 2.12. The van der Waals surface area contributed by atoms with Gasteiger partial charge in [0, 0.05) is 36.2 Å². The summed E-state index contributed by atoms with van der Waals surface area (Å²) >= 11 is 9.38. The molecule has 0 atom stereocenters. The average molecular weight is 349 g/mol. The smallest absolute Gasteiger partial charge is 0.165 e. The standard InChI is InChI=1S/C14H19BrClNO2/c1-2-17(7-3-9-18)8-6-14(19)12-5-4-11(15)10-13(12)16/h4-5,10,18H,2-3,6-9H2,1H3. The number of aliphatic hydroxyl groups excluding tert-OH is 1. The van der Waals surface area contributed by atoms with Gasteiger partial charge in [-0.1, -0.05) is 34.5 Å². The van der Waals surface area contributed by atoms with Gasteiger partial charge >= 0.3 is 0 Å². The zero-order valence-electron chi connectivity index (χ0n) is 11.0. The number of ketones is 1. The lowest BCUT2D eigenvalue weighted by molar-refractivity contribution is 0.0964. The lowest BCUT2D eigenvalue weighted by Crippen LogP contribution is -2.27. The highest BCUT2D eigenvalue weighted by molar-refractivity contribution is 9.10. The Morgan fingerprint density at radius 2 is 2.16 bits per heavy atom. The second-order valence-electron chi connectivity index (χ2n) is 4.31.